The summed E-state index contributed by atoms with van der Waals surface area (Å²) in [6, 6.07) is 6.06. The number of piperidine rings is 1. The van der Waals surface area contributed by atoms with Crippen LogP contribution in [-0.4, -0.2) is 37.7 Å². The van der Waals surface area contributed by atoms with Crippen molar-refractivity contribution < 1.29 is 0 Å². The summed E-state index contributed by atoms with van der Waals surface area (Å²) in [5.74, 6) is 3.58. The Kier molecular flexibility index (Phi) is 4.11. The normalized spacial score (nSPS) is 16.1. The first-order valence-corrected chi connectivity index (χ1v) is 9.05. The summed E-state index contributed by atoms with van der Waals surface area (Å²) < 4.78 is 1.89. The van der Waals surface area contributed by atoms with Crippen molar-refractivity contribution in [3.8, 4) is 11.4 Å². The van der Waals surface area contributed by atoms with Crippen LogP contribution in [0.4, 0.5) is 5.82 Å². The topological polar surface area (TPSA) is 59.2 Å². The van der Waals surface area contributed by atoms with Gasteiger partial charge in [0, 0.05) is 37.1 Å². The first-order chi connectivity index (χ1) is 12.1. The van der Waals surface area contributed by atoms with E-state index in [1.165, 1.54) is 12.8 Å². The maximum Gasteiger partial charge on any atom is 0.254 e. The van der Waals surface area contributed by atoms with Crippen LogP contribution >= 0.6 is 0 Å². The maximum atomic E-state index is 4.74. The van der Waals surface area contributed by atoms with Gasteiger partial charge in [0.25, 0.3) is 5.78 Å². The predicted octanol–water partition coefficient (Wildman–Crippen LogP) is 3.55. The van der Waals surface area contributed by atoms with Crippen LogP contribution in [0.1, 0.15) is 45.2 Å². The predicted molar refractivity (Wildman–Crippen MR) is 98.7 cm³/mol. The number of nitrogens with zero attached hydrogens (tertiary/aromatic N) is 6. The van der Waals surface area contributed by atoms with Crippen LogP contribution < -0.4 is 4.90 Å². The lowest BCUT2D eigenvalue weighted by atomic mass is 9.99. The lowest BCUT2D eigenvalue weighted by molar-refractivity contribution is 0.435. The molecular formula is C19H24N6. The molecule has 3 aromatic rings. The molecule has 0 atom stereocenters. The highest BCUT2D eigenvalue weighted by molar-refractivity contribution is 5.58. The van der Waals surface area contributed by atoms with Gasteiger partial charge in [0.1, 0.15) is 5.82 Å². The molecule has 0 aromatic carbocycles. The van der Waals surface area contributed by atoms with Gasteiger partial charge in [-0.3, -0.25) is 4.98 Å². The van der Waals surface area contributed by atoms with Crippen LogP contribution in [0.2, 0.25) is 0 Å². The number of rotatable bonds is 3. The molecule has 0 radical (unpaired) electrons. The fourth-order valence-corrected chi connectivity index (χ4v) is 3.25. The van der Waals surface area contributed by atoms with E-state index in [9.17, 15) is 0 Å². The number of hydrogen-bond donors (Lipinski definition) is 0. The Bertz CT molecular complexity index is 862. The van der Waals surface area contributed by atoms with Gasteiger partial charge in [-0.05, 0) is 36.8 Å². The molecule has 0 amide bonds. The summed E-state index contributed by atoms with van der Waals surface area (Å²) in [5.41, 5.74) is 1.98. The van der Waals surface area contributed by atoms with E-state index < -0.39 is 0 Å². The van der Waals surface area contributed by atoms with E-state index >= 15 is 0 Å². The maximum absolute atomic E-state index is 4.74. The highest BCUT2D eigenvalue weighted by Crippen LogP contribution is 2.27. The lowest BCUT2D eigenvalue weighted by Gasteiger charge is -2.32. The molecule has 0 saturated carbocycles. The molecule has 0 N–H and O–H groups in total. The van der Waals surface area contributed by atoms with Gasteiger partial charge in [0.2, 0.25) is 0 Å². The summed E-state index contributed by atoms with van der Waals surface area (Å²) in [6.07, 6.45) is 5.98. The first-order valence-electron chi connectivity index (χ1n) is 9.05. The van der Waals surface area contributed by atoms with Gasteiger partial charge in [-0.25, -0.2) is 4.98 Å². The average Bonchev–Trinajstić information content (AvgIpc) is 3.06. The van der Waals surface area contributed by atoms with Crippen molar-refractivity contribution in [3.63, 3.8) is 0 Å². The molecule has 3 aromatic heterocycles. The van der Waals surface area contributed by atoms with Crippen molar-refractivity contribution in [1.82, 2.24) is 24.6 Å². The van der Waals surface area contributed by atoms with Gasteiger partial charge in [0.05, 0.1) is 5.69 Å². The lowest BCUT2D eigenvalue weighted by Crippen LogP contribution is -2.34. The third-order valence-electron chi connectivity index (χ3n) is 4.93. The third kappa shape index (κ3) is 3.08. The Hall–Kier alpha value is -2.50. The van der Waals surface area contributed by atoms with Crippen molar-refractivity contribution in [3.05, 3.63) is 36.3 Å². The van der Waals surface area contributed by atoms with Crippen LogP contribution in [0.25, 0.3) is 17.2 Å². The van der Waals surface area contributed by atoms with E-state index in [1.807, 2.05) is 16.6 Å². The minimum Gasteiger partial charge on any atom is -0.356 e. The summed E-state index contributed by atoms with van der Waals surface area (Å²) in [5, 5.41) is 4.74. The van der Waals surface area contributed by atoms with Crippen molar-refractivity contribution in [2.45, 2.75) is 39.5 Å². The highest BCUT2D eigenvalue weighted by atomic mass is 15.4. The van der Waals surface area contributed by atoms with Gasteiger partial charge in [-0.15, -0.1) is 5.10 Å². The number of fused-ring (bicyclic) bond motifs is 1. The van der Waals surface area contributed by atoms with Crippen LogP contribution in [0.5, 0.6) is 0 Å². The number of pyridine rings is 1. The van der Waals surface area contributed by atoms with E-state index in [4.69, 9.17) is 10.1 Å². The van der Waals surface area contributed by atoms with Crippen molar-refractivity contribution in [1.29, 1.82) is 0 Å². The Morgan fingerprint density at radius 3 is 2.64 bits per heavy atom. The monoisotopic (exact) mass is 336 g/mol. The van der Waals surface area contributed by atoms with Gasteiger partial charge in [-0.2, -0.15) is 9.50 Å². The molecule has 6 nitrogen and oxygen atoms in total. The van der Waals surface area contributed by atoms with E-state index in [1.54, 1.807) is 12.4 Å². The molecule has 4 rings (SSSR count). The zero-order chi connectivity index (χ0) is 17.4. The second kappa shape index (κ2) is 6.43. The number of hydrogen-bond acceptors (Lipinski definition) is 5. The molecule has 0 bridgehead atoms. The van der Waals surface area contributed by atoms with Crippen LogP contribution in [0, 0.1) is 5.92 Å². The molecule has 25 heavy (non-hydrogen) atoms. The van der Waals surface area contributed by atoms with Gasteiger partial charge >= 0.3 is 0 Å². The number of anilines is 1. The van der Waals surface area contributed by atoms with Crippen LogP contribution in [-0.2, 0) is 0 Å². The molecule has 0 aliphatic carbocycles. The molecule has 1 aliphatic rings. The molecule has 1 saturated heterocycles. The minimum absolute atomic E-state index is 0.353. The Morgan fingerprint density at radius 2 is 1.96 bits per heavy atom. The summed E-state index contributed by atoms with van der Waals surface area (Å²) in [6.45, 7) is 8.77. The smallest absolute Gasteiger partial charge is 0.254 e. The Labute approximate surface area is 147 Å². The average molecular weight is 336 g/mol. The standard InChI is InChI=1S/C19H24N6/c1-13(2)16-11-17(24-9-6-14(3)7-10-24)25-19(21-16)22-18(23-25)15-5-4-8-20-12-15/h4-5,8,11-14H,6-7,9-10H2,1-3H3. The van der Waals surface area contributed by atoms with Crippen molar-refractivity contribution in [2.24, 2.45) is 5.92 Å². The molecule has 0 spiro atoms. The fourth-order valence-electron chi connectivity index (χ4n) is 3.25. The summed E-state index contributed by atoms with van der Waals surface area (Å²) in [7, 11) is 0. The quantitative estimate of drug-likeness (QED) is 0.732. The molecule has 6 heteroatoms. The largest absolute Gasteiger partial charge is 0.356 e. The van der Waals surface area contributed by atoms with Crippen molar-refractivity contribution >= 4 is 11.6 Å². The molecule has 1 fully saturated rings. The summed E-state index contributed by atoms with van der Waals surface area (Å²) >= 11 is 0. The van der Waals surface area contributed by atoms with E-state index in [2.05, 4.69) is 41.7 Å². The molecular weight excluding hydrogens is 312 g/mol. The SMILES string of the molecule is CC1CCN(c2cc(C(C)C)nc3nc(-c4cccnc4)nn23)CC1. The van der Waals surface area contributed by atoms with Gasteiger partial charge in [-0.1, -0.05) is 20.8 Å². The molecule has 4 heterocycles. The second-order valence-electron chi connectivity index (χ2n) is 7.25. The van der Waals surface area contributed by atoms with Crippen LogP contribution in [0.3, 0.4) is 0 Å². The molecule has 130 valence electrons. The van der Waals surface area contributed by atoms with E-state index in [0.29, 0.717) is 17.5 Å². The Morgan fingerprint density at radius 1 is 1.16 bits per heavy atom. The van der Waals surface area contributed by atoms with Crippen molar-refractivity contribution in [2.75, 3.05) is 18.0 Å². The minimum atomic E-state index is 0.353. The Balaban J connectivity index is 1.83. The van der Waals surface area contributed by atoms with Gasteiger partial charge < -0.3 is 4.90 Å². The zero-order valence-corrected chi connectivity index (χ0v) is 15.1. The van der Waals surface area contributed by atoms with E-state index in [-0.39, 0.29) is 0 Å². The fraction of sp³-hybridized carbons (Fsp3) is 0.474. The molecule has 1 aliphatic heterocycles. The zero-order valence-electron chi connectivity index (χ0n) is 15.1. The van der Waals surface area contributed by atoms with E-state index in [0.717, 1.165) is 36.1 Å². The molecule has 0 unspecified atom stereocenters. The van der Waals surface area contributed by atoms with Crippen LogP contribution in [0.15, 0.2) is 30.6 Å². The van der Waals surface area contributed by atoms with Gasteiger partial charge in [0.15, 0.2) is 5.82 Å². The third-order valence-corrected chi connectivity index (χ3v) is 4.93. The first kappa shape index (κ1) is 16.0. The summed E-state index contributed by atoms with van der Waals surface area (Å²) in [4.78, 5) is 16.0. The highest BCUT2D eigenvalue weighted by Gasteiger charge is 2.21. The number of aromatic nitrogens is 5. The second-order valence-corrected chi connectivity index (χ2v) is 7.25.